The van der Waals surface area contributed by atoms with Gasteiger partial charge in [0.15, 0.2) is 0 Å². The molecule has 0 saturated carbocycles. The topological polar surface area (TPSA) is 38.1 Å². The molecule has 102 valence electrons. The first kappa shape index (κ1) is 14.4. The molecule has 2 aromatic rings. The molecule has 1 N–H and O–H groups in total. The van der Waals surface area contributed by atoms with E-state index in [2.05, 4.69) is 5.10 Å². The summed E-state index contributed by atoms with van der Waals surface area (Å²) in [6.07, 6.45) is 2.85. The number of aliphatic hydroxyl groups is 1. The summed E-state index contributed by atoms with van der Waals surface area (Å²) < 4.78 is 1.76. The molecule has 2 rings (SSSR count). The van der Waals surface area contributed by atoms with Gasteiger partial charge in [0.05, 0.1) is 16.9 Å². The maximum atomic E-state index is 10.5. The van der Waals surface area contributed by atoms with Gasteiger partial charge in [-0.05, 0) is 37.8 Å². The van der Waals surface area contributed by atoms with Crippen molar-refractivity contribution in [2.75, 3.05) is 6.26 Å². The lowest BCUT2D eigenvalue weighted by Crippen LogP contribution is -2.12. The Morgan fingerprint density at radius 1 is 1.26 bits per heavy atom. The van der Waals surface area contributed by atoms with Gasteiger partial charge in [0.2, 0.25) is 0 Å². The van der Waals surface area contributed by atoms with E-state index in [9.17, 15) is 5.11 Å². The molecule has 0 aliphatic rings. The van der Waals surface area contributed by atoms with Crippen LogP contribution in [0.1, 0.15) is 37.3 Å². The molecule has 1 aromatic heterocycles. The zero-order valence-electron chi connectivity index (χ0n) is 11.2. The zero-order chi connectivity index (χ0) is 14.0. The van der Waals surface area contributed by atoms with Crippen molar-refractivity contribution in [3.63, 3.8) is 0 Å². The van der Waals surface area contributed by atoms with Crippen LogP contribution in [0.3, 0.4) is 0 Å². The lowest BCUT2D eigenvalue weighted by Gasteiger charge is -2.17. The first-order valence-electron chi connectivity index (χ1n) is 6.09. The van der Waals surface area contributed by atoms with Crippen molar-refractivity contribution >= 4 is 23.4 Å². The van der Waals surface area contributed by atoms with E-state index in [1.54, 1.807) is 22.6 Å². The second-order valence-corrected chi connectivity index (χ2v) is 5.88. The minimum atomic E-state index is -0.756. The van der Waals surface area contributed by atoms with Crippen LogP contribution in [-0.2, 0) is 0 Å². The predicted octanol–water partition coefficient (Wildman–Crippen LogP) is 3.92. The van der Waals surface area contributed by atoms with E-state index in [0.717, 1.165) is 5.56 Å². The highest BCUT2D eigenvalue weighted by atomic mass is 35.5. The molecule has 0 bridgehead atoms. The molecule has 1 aromatic carbocycles. The zero-order valence-corrected chi connectivity index (χ0v) is 12.7. The van der Waals surface area contributed by atoms with Crippen molar-refractivity contribution in [1.82, 2.24) is 9.78 Å². The van der Waals surface area contributed by atoms with Gasteiger partial charge in [-0.2, -0.15) is 5.10 Å². The Bertz CT molecular complexity index is 551. The Balaban J connectivity index is 2.37. The molecule has 1 unspecified atom stereocenters. The molecule has 0 fully saturated rings. The van der Waals surface area contributed by atoms with Crippen molar-refractivity contribution in [1.29, 1.82) is 0 Å². The monoisotopic (exact) mass is 296 g/mol. The van der Waals surface area contributed by atoms with Gasteiger partial charge in [-0.25, -0.2) is 0 Å². The molecule has 1 atom stereocenters. The van der Waals surface area contributed by atoms with Crippen LogP contribution in [0.2, 0.25) is 5.02 Å². The standard InChI is InChI=1S/C14H17ClN2OS/c1-9(2)17-13(12(15)8-16-17)14(18)10-4-6-11(19-3)7-5-10/h4-9,14,18H,1-3H3. The minimum Gasteiger partial charge on any atom is -0.382 e. The largest absolute Gasteiger partial charge is 0.382 e. The number of thioether (sulfide) groups is 1. The third kappa shape index (κ3) is 2.96. The first-order chi connectivity index (χ1) is 9.04. The van der Waals surface area contributed by atoms with Gasteiger partial charge in [-0.3, -0.25) is 4.68 Å². The third-order valence-electron chi connectivity index (χ3n) is 2.97. The molecule has 0 amide bonds. The van der Waals surface area contributed by atoms with E-state index in [-0.39, 0.29) is 6.04 Å². The number of benzene rings is 1. The molecule has 1 heterocycles. The van der Waals surface area contributed by atoms with Crippen molar-refractivity contribution in [2.24, 2.45) is 0 Å². The number of hydrogen-bond acceptors (Lipinski definition) is 3. The van der Waals surface area contributed by atoms with E-state index in [4.69, 9.17) is 11.6 Å². The lowest BCUT2D eigenvalue weighted by atomic mass is 10.1. The smallest absolute Gasteiger partial charge is 0.122 e. The summed E-state index contributed by atoms with van der Waals surface area (Å²) in [7, 11) is 0. The third-order valence-corrected chi connectivity index (χ3v) is 4.00. The molecule has 0 aliphatic carbocycles. The Hall–Kier alpha value is -0.970. The van der Waals surface area contributed by atoms with Gasteiger partial charge in [0.1, 0.15) is 6.10 Å². The summed E-state index contributed by atoms with van der Waals surface area (Å²) in [6, 6.07) is 7.98. The quantitative estimate of drug-likeness (QED) is 0.869. The lowest BCUT2D eigenvalue weighted by molar-refractivity contribution is 0.205. The fourth-order valence-electron chi connectivity index (χ4n) is 1.96. The molecule has 3 nitrogen and oxygen atoms in total. The molecule has 0 spiro atoms. The number of rotatable bonds is 4. The highest BCUT2D eigenvalue weighted by Crippen LogP contribution is 2.30. The average molecular weight is 297 g/mol. The summed E-state index contributed by atoms with van der Waals surface area (Å²) in [5, 5.41) is 15.2. The van der Waals surface area contributed by atoms with E-state index >= 15 is 0 Å². The van der Waals surface area contributed by atoms with Crippen LogP contribution in [0.4, 0.5) is 0 Å². The highest BCUT2D eigenvalue weighted by molar-refractivity contribution is 7.98. The van der Waals surface area contributed by atoms with Crippen LogP contribution in [0.15, 0.2) is 35.4 Å². The average Bonchev–Trinajstić information content (AvgIpc) is 2.80. The predicted molar refractivity (Wildman–Crippen MR) is 79.9 cm³/mol. The summed E-state index contributed by atoms with van der Waals surface area (Å²) in [6.45, 7) is 4.02. The molecular formula is C14H17ClN2OS. The summed E-state index contributed by atoms with van der Waals surface area (Å²) >= 11 is 7.82. The van der Waals surface area contributed by atoms with Gasteiger partial charge in [-0.15, -0.1) is 11.8 Å². The molecular weight excluding hydrogens is 280 g/mol. The molecule has 5 heteroatoms. The molecule has 0 saturated heterocycles. The number of hydrogen-bond donors (Lipinski definition) is 1. The van der Waals surface area contributed by atoms with Gasteiger partial charge < -0.3 is 5.11 Å². The molecule has 19 heavy (non-hydrogen) atoms. The number of aliphatic hydroxyl groups excluding tert-OH is 1. The van der Waals surface area contributed by atoms with E-state index < -0.39 is 6.10 Å². The van der Waals surface area contributed by atoms with Gasteiger partial charge >= 0.3 is 0 Å². The molecule has 0 aliphatic heterocycles. The van der Waals surface area contributed by atoms with Gasteiger partial charge in [0, 0.05) is 10.9 Å². The first-order valence-corrected chi connectivity index (χ1v) is 7.69. The minimum absolute atomic E-state index is 0.155. The van der Waals surface area contributed by atoms with Gasteiger partial charge in [-0.1, -0.05) is 23.7 Å². The van der Waals surface area contributed by atoms with Crippen molar-refractivity contribution in [3.8, 4) is 0 Å². The van der Waals surface area contributed by atoms with Crippen molar-refractivity contribution in [2.45, 2.75) is 30.9 Å². The Labute approximate surface area is 122 Å². The van der Waals surface area contributed by atoms with Crippen LogP contribution in [0, 0.1) is 0 Å². The second kappa shape index (κ2) is 5.99. The highest BCUT2D eigenvalue weighted by Gasteiger charge is 2.21. The Kier molecular flexibility index (Phi) is 4.55. The van der Waals surface area contributed by atoms with Crippen LogP contribution < -0.4 is 0 Å². The van der Waals surface area contributed by atoms with Crippen molar-refractivity contribution < 1.29 is 5.11 Å². The summed E-state index contributed by atoms with van der Waals surface area (Å²) in [5.41, 5.74) is 1.47. The van der Waals surface area contributed by atoms with Gasteiger partial charge in [0.25, 0.3) is 0 Å². The Morgan fingerprint density at radius 2 is 1.89 bits per heavy atom. The summed E-state index contributed by atoms with van der Waals surface area (Å²) in [5.74, 6) is 0. The van der Waals surface area contributed by atoms with E-state index in [1.165, 1.54) is 4.90 Å². The van der Waals surface area contributed by atoms with Crippen LogP contribution in [-0.4, -0.2) is 21.1 Å². The van der Waals surface area contributed by atoms with Crippen LogP contribution >= 0.6 is 23.4 Å². The second-order valence-electron chi connectivity index (χ2n) is 4.59. The SMILES string of the molecule is CSc1ccc(C(O)c2c(Cl)cnn2C(C)C)cc1. The Morgan fingerprint density at radius 3 is 2.42 bits per heavy atom. The molecule has 0 radical (unpaired) electrons. The maximum Gasteiger partial charge on any atom is 0.122 e. The normalized spacial score (nSPS) is 12.9. The fourth-order valence-corrected chi connectivity index (χ4v) is 2.60. The summed E-state index contributed by atoms with van der Waals surface area (Å²) in [4.78, 5) is 1.17. The van der Waals surface area contributed by atoms with Crippen molar-refractivity contribution in [3.05, 3.63) is 46.7 Å². The van der Waals surface area contributed by atoms with E-state index in [1.807, 2.05) is 44.4 Å². The number of aromatic nitrogens is 2. The number of halogens is 1. The van der Waals surface area contributed by atoms with Crippen LogP contribution in [0.25, 0.3) is 0 Å². The van der Waals surface area contributed by atoms with E-state index in [0.29, 0.717) is 10.7 Å². The fraction of sp³-hybridized carbons (Fsp3) is 0.357. The number of nitrogens with zero attached hydrogens (tertiary/aromatic N) is 2. The maximum absolute atomic E-state index is 10.5. The van der Waals surface area contributed by atoms with Crippen LogP contribution in [0.5, 0.6) is 0 Å².